The lowest BCUT2D eigenvalue weighted by Gasteiger charge is -2.38. The number of nitrogens with zero attached hydrogens (tertiary/aromatic N) is 3. The molecule has 7 heteroatoms. The number of benzene rings is 2. The smallest absolute Gasteiger partial charge is 0.410 e. The Labute approximate surface area is 200 Å². The summed E-state index contributed by atoms with van der Waals surface area (Å²) in [6.45, 7) is 0. The van der Waals surface area contributed by atoms with Gasteiger partial charge in [-0.1, -0.05) is 47.6 Å². The van der Waals surface area contributed by atoms with Gasteiger partial charge in [0.05, 0.1) is 18.9 Å². The lowest BCUT2D eigenvalue weighted by Crippen LogP contribution is -2.39. The molecule has 0 atom stereocenters. The Balaban J connectivity index is 1.34. The van der Waals surface area contributed by atoms with E-state index in [0.717, 1.165) is 49.8 Å². The zero-order chi connectivity index (χ0) is 23.5. The minimum atomic E-state index is -0.358. The van der Waals surface area contributed by atoms with Gasteiger partial charge in [-0.3, -0.25) is 0 Å². The van der Waals surface area contributed by atoms with Gasteiger partial charge in [0, 0.05) is 13.1 Å². The van der Waals surface area contributed by atoms with E-state index in [0.29, 0.717) is 24.2 Å². The van der Waals surface area contributed by atoms with Crippen molar-refractivity contribution in [3.05, 3.63) is 77.4 Å². The zero-order valence-electron chi connectivity index (χ0n) is 19.8. The molecule has 0 bridgehead atoms. The van der Waals surface area contributed by atoms with Crippen LogP contribution in [0.5, 0.6) is 5.75 Å². The molecular weight excluding hydrogens is 430 g/mol. The number of aromatic nitrogens is 2. The van der Waals surface area contributed by atoms with Crippen molar-refractivity contribution in [1.29, 1.82) is 0 Å². The summed E-state index contributed by atoms with van der Waals surface area (Å²) < 4.78 is 16.9. The van der Waals surface area contributed by atoms with Crippen LogP contribution in [0, 0.1) is 0 Å². The number of methoxy groups -OCH3 is 1. The average Bonchev–Trinajstić information content (AvgIpc) is 3.63. The van der Waals surface area contributed by atoms with E-state index >= 15 is 0 Å². The minimum Gasteiger partial charge on any atom is -0.497 e. The van der Waals surface area contributed by atoms with E-state index in [-0.39, 0.29) is 17.6 Å². The predicted molar refractivity (Wildman–Crippen MR) is 127 cm³/mol. The molecule has 0 saturated heterocycles. The predicted octanol–water partition coefficient (Wildman–Crippen LogP) is 5.13. The highest BCUT2D eigenvalue weighted by atomic mass is 16.6. The lowest BCUT2D eigenvalue weighted by atomic mass is 9.68. The second-order valence-electron chi connectivity index (χ2n) is 9.41. The van der Waals surface area contributed by atoms with Gasteiger partial charge in [-0.15, -0.1) is 0 Å². The number of hydrogen-bond acceptors (Lipinski definition) is 6. The molecule has 0 radical (unpaired) electrons. The van der Waals surface area contributed by atoms with Gasteiger partial charge in [-0.05, 0) is 61.8 Å². The van der Waals surface area contributed by atoms with E-state index in [4.69, 9.17) is 19.0 Å². The van der Waals surface area contributed by atoms with Crippen LogP contribution >= 0.6 is 0 Å². The van der Waals surface area contributed by atoms with Crippen molar-refractivity contribution in [2.45, 2.75) is 62.5 Å². The monoisotopic (exact) mass is 461 g/mol. The van der Waals surface area contributed by atoms with Crippen LogP contribution in [0.25, 0.3) is 0 Å². The van der Waals surface area contributed by atoms with Gasteiger partial charge in [0.1, 0.15) is 11.9 Å². The topological polar surface area (TPSA) is 77.7 Å². The molecule has 2 fully saturated rings. The Morgan fingerprint density at radius 3 is 2.56 bits per heavy atom. The Bertz CT molecular complexity index is 1120. The van der Waals surface area contributed by atoms with Crippen molar-refractivity contribution >= 4 is 6.09 Å². The van der Waals surface area contributed by atoms with Crippen molar-refractivity contribution in [1.82, 2.24) is 15.0 Å². The Morgan fingerprint density at radius 1 is 1.09 bits per heavy atom. The van der Waals surface area contributed by atoms with Crippen LogP contribution < -0.4 is 4.74 Å². The van der Waals surface area contributed by atoms with Crippen LogP contribution in [0.4, 0.5) is 4.79 Å². The van der Waals surface area contributed by atoms with E-state index in [1.165, 1.54) is 5.56 Å². The quantitative estimate of drug-likeness (QED) is 0.486. The molecule has 34 heavy (non-hydrogen) atoms. The van der Waals surface area contributed by atoms with Crippen LogP contribution in [0.3, 0.4) is 0 Å². The number of carbonyl (C=O) groups is 1. The summed E-state index contributed by atoms with van der Waals surface area (Å²) >= 11 is 0. The third-order valence-corrected chi connectivity index (χ3v) is 7.15. The molecule has 2 aromatic carbocycles. The van der Waals surface area contributed by atoms with E-state index in [2.05, 4.69) is 17.3 Å². The van der Waals surface area contributed by atoms with Gasteiger partial charge in [-0.2, -0.15) is 4.98 Å². The molecule has 2 aliphatic carbocycles. The maximum absolute atomic E-state index is 12.5. The van der Waals surface area contributed by atoms with Gasteiger partial charge < -0.3 is 18.9 Å². The SMILES string of the molecule is COc1cccc(Cc2nc(C3(c4ccccc4)CCC(OC(=O)N(C)C4CC4)CC3)no2)c1. The van der Waals surface area contributed by atoms with Crippen molar-refractivity contribution in [3.8, 4) is 5.75 Å². The number of rotatable bonds is 7. The molecule has 7 nitrogen and oxygen atoms in total. The van der Waals surface area contributed by atoms with Crippen LogP contribution in [0.15, 0.2) is 59.1 Å². The summed E-state index contributed by atoms with van der Waals surface area (Å²) in [7, 11) is 3.49. The second-order valence-corrected chi connectivity index (χ2v) is 9.41. The fraction of sp³-hybridized carbons (Fsp3) is 0.444. The third-order valence-electron chi connectivity index (χ3n) is 7.15. The molecule has 2 saturated carbocycles. The zero-order valence-corrected chi connectivity index (χ0v) is 19.8. The molecule has 3 aromatic rings. The molecule has 0 aliphatic heterocycles. The summed E-state index contributed by atoms with van der Waals surface area (Å²) in [6.07, 6.45) is 5.50. The molecule has 5 rings (SSSR count). The van der Waals surface area contributed by atoms with E-state index in [1.54, 1.807) is 12.0 Å². The Kier molecular flexibility index (Phi) is 6.26. The summed E-state index contributed by atoms with van der Waals surface area (Å²) in [6, 6.07) is 18.6. The average molecular weight is 462 g/mol. The highest BCUT2D eigenvalue weighted by Crippen LogP contribution is 2.44. The van der Waals surface area contributed by atoms with E-state index < -0.39 is 0 Å². The fourth-order valence-electron chi connectivity index (χ4n) is 4.92. The first-order valence-corrected chi connectivity index (χ1v) is 12.0. The van der Waals surface area contributed by atoms with Crippen LogP contribution in [0.1, 0.15) is 61.4 Å². The highest BCUT2D eigenvalue weighted by Gasteiger charge is 2.43. The number of carbonyl (C=O) groups excluding carboxylic acids is 1. The molecule has 0 spiro atoms. The van der Waals surface area contributed by atoms with Crippen LogP contribution in [-0.2, 0) is 16.6 Å². The number of amides is 1. The van der Waals surface area contributed by atoms with Crippen LogP contribution in [0.2, 0.25) is 0 Å². The molecule has 1 amide bonds. The number of ether oxygens (including phenoxy) is 2. The first kappa shape index (κ1) is 22.4. The molecule has 2 aliphatic rings. The summed E-state index contributed by atoms with van der Waals surface area (Å²) in [5, 5.41) is 4.44. The normalized spacial score (nSPS) is 22.2. The van der Waals surface area contributed by atoms with Crippen molar-refractivity contribution in [2.75, 3.05) is 14.2 Å². The van der Waals surface area contributed by atoms with Gasteiger partial charge in [-0.25, -0.2) is 4.79 Å². The molecule has 0 unspecified atom stereocenters. The Hall–Kier alpha value is -3.35. The molecule has 1 aromatic heterocycles. The molecule has 0 N–H and O–H groups in total. The maximum atomic E-state index is 12.5. The summed E-state index contributed by atoms with van der Waals surface area (Å²) in [5.74, 6) is 2.09. The van der Waals surface area contributed by atoms with Crippen molar-refractivity contribution in [2.24, 2.45) is 0 Å². The summed E-state index contributed by atoms with van der Waals surface area (Å²) in [5.41, 5.74) is 1.87. The standard InChI is InChI=1S/C27H31N3O4/c1-30(21-11-12-21)26(31)33-22-13-15-27(16-14-22,20-8-4-3-5-9-20)25-28-24(34-29-25)18-19-7-6-10-23(17-19)32-2/h3-10,17,21-22H,11-16,18H2,1-2H3. The summed E-state index contributed by atoms with van der Waals surface area (Å²) in [4.78, 5) is 19.1. The highest BCUT2D eigenvalue weighted by molar-refractivity contribution is 5.68. The fourth-order valence-corrected chi connectivity index (χ4v) is 4.92. The van der Waals surface area contributed by atoms with Gasteiger partial charge >= 0.3 is 6.09 Å². The first-order valence-electron chi connectivity index (χ1n) is 12.0. The van der Waals surface area contributed by atoms with Gasteiger partial charge in [0.25, 0.3) is 0 Å². The molecular formula is C27H31N3O4. The molecule has 178 valence electrons. The van der Waals surface area contributed by atoms with Gasteiger partial charge in [0.2, 0.25) is 5.89 Å². The van der Waals surface area contributed by atoms with Crippen molar-refractivity contribution < 1.29 is 18.8 Å². The molecule has 1 heterocycles. The third kappa shape index (κ3) is 4.65. The number of hydrogen-bond donors (Lipinski definition) is 0. The maximum Gasteiger partial charge on any atom is 0.410 e. The van der Waals surface area contributed by atoms with E-state index in [1.807, 2.05) is 49.5 Å². The van der Waals surface area contributed by atoms with E-state index in [9.17, 15) is 4.79 Å². The lowest BCUT2D eigenvalue weighted by molar-refractivity contribution is 0.0392. The Morgan fingerprint density at radius 2 is 1.85 bits per heavy atom. The van der Waals surface area contributed by atoms with Crippen molar-refractivity contribution in [3.63, 3.8) is 0 Å². The second kappa shape index (κ2) is 9.49. The largest absolute Gasteiger partial charge is 0.497 e. The van der Waals surface area contributed by atoms with Gasteiger partial charge in [0.15, 0.2) is 5.82 Å². The van der Waals surface area contributed by atoms with Crippen LogP contribution in [-0.4, -0.2) is 47.4 Å². The first-order chi connectivity index (χ1) is 16.6. The minimum absolute atomic E-state index is 0.0892.